The van der Waals surface area contributed by atoms with Gasteiger partial charge in [0, 0.05) is 13.1 Å². The average molecular weight is 172 g/mol. The van der Waals surface area contributed by atoms with Crippen LogP contribution in [0.1, 0.15) is 20.3 Å². The van der Waals surface area contributed by atoms with Crippen molar-refractivity contribution in [3.05, 3.63) is 0 Å². The minimum atomic E-state index is -0.110. The third-order valence-electron chi connectivity index (χ3n) is 2.01. The van der Waals surface area contributed by atoms with Crippen LogP contribution in [-0.4, -0.2) is 30.6 Å². The van der Waals surface area contributed by atoms with Gasteiger partial charge in [-0.3, -0.25) is 4.84 Å². The second-order valence-electron chi connectivity index (χ2n) is 3.18. The highest BCUT2D eigenvalue weighted by atomic mass is 16.7. The Morgan fingerprint density at radius 1 is 1.75 bits per heavy atom. The van der Waals surface area contributed by atoms with E-state index in [1.807, 2.05) is 6.92 Å². The van der Waals surface area contributed by atoms with Crippen molar-refractivity contribution in [2.24, 2.45) is 5.92 Å². The molecule has 0 aromatic heterocycles. The van der Waals surface area contributed by atoms with Crippen LogP contribution in [0.5, 0.6) is 0 Å². The molecule has 2 amide bonds. The summed E-state index contributed by atoms with van der Waals surface area (Å²) in [6.45, 7) is 6.19. The van der Waals surface area contributed by atoms with Gasteiger partial charge in [0.25, 0.3) is 0 Å². The first-order chi connectivity index (χ1) is 5.74. The summed E-state index contributed by atoms with van der Waals surface area (Å²) in [5, 5.41) is 0. The predicted molar refractivity (Wildman–Crippen MR) is 45.5 cm³/mol. The predicted octanol–water partition coefficient (Wildman–Crippen LogP) is 0.989. The Balaban J connectivity index is 2.23. The molecule has 1 N–H and O–H groups in total. The Kier molecular flexibility index (Phi) is 3.34. The third kappa shape index (κ3) is 2.37. The van der Waals surface area contributed by atoms with E-state index in [0.717, 1.165) is 19.5 Å². The van der Waals surface area contributed by atoms with E-state index in [-0.39, 0.29) is 6.03 Å². The monoisotopic (exact) mass is 172 g/mol. The molecule has 1 atom stereocenters. The topological polar surface area (TPSA) is 41.6 Å². The lowest BCUT2D eigenvalue weighted by Crippen LogP contribution is -2.38. The van der Waals surface area contributed by atoms with Crippen LogP contribution in [0.15, 0.2) is 0 Å². The fourth-order valence-electron chi connectivity index (χ4n) is 1.32. The van der Waals surface area contributed by atoms with Crippen molar-refractivity contribution in [1.82, 2.24) is 10.4 Å². The molecular weight excluding hydrogens is 156 g/mol. The zero-order valence-electron chi connectivity index (χ0n) is 7.67. The van der Waals surface area contributed by atoms with Crippen molar-refractivity contribution in [2.45, 2.75) is 20.3 Å². The van der Waals surface area contributed by atoms with Gasteiger partial charge >= 0.3 is 6.03 Å². The molecule has 1 unspecified atom stereocenters. The van der Waals surface area contributed by atoms with E-state index in [2.05, 4.69) is 12.4 Å². The average Bonchev–Trinajstić information content (AvgIpc) is 2.47. The molecule has 0 saturated carbocycles. The van der Waals surface area contributed by atoms with Crippen LogP contribution in [-0.2, 0) is 4.84 Å². The SMILES string of the molecule is CCONC(=O)N1CCC(C)C1. The number of rotatable bonds is 2. The van der Waals surface area contributed by atoms with Crippen LogP contribution >= 0.6 is 0 Å². The molecule has 0 aromatic carbocycles. The van der Waals surface area contributed by atoms with E-state index in [1.165, 1.54) is 0 Å². The van der Waals surface area contributed by atoms with Crippen LogP contribution in [0.4, 0.5) is 4.79 Å². The van der Waals surface area contributed by atoms with E-state index >= 15 is 0 Å². The summed E-state index contributed by atoms with van der Waals surface area (Å²) in [5.74, 6) is 0.623. The zero-order chi connectivity index (χ0) is 8.97. The van der Waals surface area contributed by atoms with Gasteiger partial charge in [0.15, 0.2) is 0 Å². The van der Waals surface area contributed by atoms with Crippen LogP contribution in [0, 0.1) is 5.92 Å². The van der Waals surface area contributed by atoms with E-state index in [9.17, 15) is 4.79 Å². The van der Waals surface area contributed by atoms with E-state index in [4.69, 9.17) is 4.84 Å². The Morgan fingerprint density at radius 3 is 3.00 bits per heavy atom. The third-order valence-corrected chi connectivity index (χ3v) is 2.01. The van der Waals surface area contributed by atoms with Crippen LogP contribution in [0.25, 0.3) is 0 Å². The number of hydrogen-bond donors (Lipinski definition) is 1. The summed E-state index contributed by atoms with van der Waals surface area (Å²) in [4.78, 5) is 17.8. The number of nitrogens with one attached hydrogen (secondary N) is 1. The molecule has 0 radical (unpaired) electrons. The number of carbonyl (C=O) groups is 1. The minimum absolute atomic E-state index is 0.110. The molecule has 70 valence electrons. The maximum atomic E-state index is 11.2. The van der Waals surface area contributed by atoms with E-state index < -0.39 is 0 Å². The van der Waals surface area contributed by atoms with Crippen molar-refractivity contribution in [1.29, 1.82) is 0 Å². The molecule has 1 rings (SSSR count). The second kappa shape index (κ2) is 4.30. The van der Waals surface area contributed by atoms with E-state index in [0.29, 0.717) is 12.5 Å². The van der Waals surface area contributed by atoms with Crippen molar-refractivity contribution in [2.75, 3.05) is 19.7 Å². The highest BCUT2D eigenvalue weighted by Gasteiger charge is 2.22. The number of urea groups is 1. The molecule has 12 heavy (non-hydrogen) atoms. The number of hydrogen-bond acceptors (Lipinski definition) is 2. The van der Waals surface area contributed by atoms with Crippen molar-refractivity contribution in [3.63, 3.8) is 0 Å². The van der Waals surface area contributed by atoms with Gasteiger partial charge in [0.2, 0.25) is 0 Å². The maximum absolute atomic E-state index is 11.2. The summed E-state index contributed by atoms with van der Waals surface area (Å²) in [5.41, 5.74) is 2.38. The van der Waals surface area contributed by atoms with Gasteiger partial charge < -0.3 is 4.90 Å². The van der Waals surface area contributed by atoms with Crippen molar-refractivity contribution < 1.29 is 9.63 Å². The van der Waals surface area contributed by atoms with Gasteiger partial charge in [0.1, 0.15) is 0 Å². The van der Waals surface area contributed by atoms with Crippen LogP contribution in [0.3, 0.4) is 0 Å². The highest BCUT2D eigenvalue weighted by molar-refractivity contribution is 5.73. The number of carbonyl (C=O) groups excluding carboxylic acids is 1. The second-order valence-corrected chi connectivity index (χ2v) is 3.18. The number of nitrogens with zero attached hydrogens (tertiary/aromatic N) is 1. The zero-order valence-corrected chi connectivity index (χ0v) is 7.67. The lowest BCUT2D eigenvalue weighted by molar-refractivity contribution is 0.0581. The quantitative estimate of drug-likeness (QED) is 0.631. The van der Waals surface area contributed by atoms with Gasteiger partial charge in [-0.25, -0.2) is 10.3 Å². The molecule has 1 saturated heterocycles. The molecule has 0 spiro atoms. The first-order valence-electron chi connectivity index (χ1n) is 4.40. The Labute approximate surface area is 72.8 Å². The van der Waals surface area contributed by atoms with Gasteiger partial charge in [-0.2, -0.15) is 0 Å². The first kappa shape index (κ1) is 9.32. The normalized spacial score (nSPS) is 22.8. The summed E-state index contributed by atoms with van der Waals surface area (Å²) < 4.78 is 0. The molecule has 4 heteroatoms. The van der Waals surface area contributed by atoms with Crippen LogP contribution in [0.2, 0.25) is 0 Å². The molecule has 1 fully saturated rings. The smallest absolute Gasteiger partial charge is 0.323 e. The van der Waals surface area contributed by atoms with Gasteiger partial charge in [0.05, 0.1) is 6.61 Å². The molecule has 4 nitrogen and oxygen atoms in total. The minimum Gasteiger partial charge on any atom is -0.323 e. The van der Waals surface area contributed by atoms with E-state index in [1.54, 1.807) is 4.90 Å². The lowest BCUT2D eigenvalue weighted by atomic mass is 10.2. The van der Waals surface area contributed by atoms with Gasteiger partial charge in [-0.05, 0) is 19.3 Å². The summed E-state index contributed by atoms with van der Waals surface area (Å²) in [7, 11) is 0. The highest BCUT2D eigenvalue weighted by Crippen LogP contribution is 2.14. The standard InChI is InChI=1S/C8H16N2O2/c1-3-12-9-8(11)10-5-4-7(2)6-10/h7H,3-6H2,1-2H3,(H,9,11). The maximum Gasteiger partial charge on any atom is 0.341 e. The summed E-state index contributed by atoms with van der Waals surface area (Å²) in [6, 6.07) is -0.110. The van der Waals surface area contributed by atoms with Gasteiger partial charge in [-0.1, -0.05) is 6.92 Å². The number of amides is 2. The largest absolute Gasteiger partial charge is 0.341 e. The molecule has 1 aliphatic heterocycles. The molecule has 0 bridgehead atoms. The first-order valence-corrected chi connectivity index (χ1v) is 4.40. The summed E-state index contributed by atoms with van der Waals surface area (Å²) >= 11 is 0. The van der Waals surface area contributed by atoms with Gasteiger partial charge in [-0.15, -0.1) is 0 Å². The van der Waals surface area contributed by atoms with Crippen molar-refractivity contribution in [3.8, 4) is 0 Å². The van der Waals surface area contributed by atoms with Crippen molar-refractivity contribution >= 4 is 6.03 Å². The number of hydroxylamine groups is 1. The Hall–Kier alpha value is -0.770. The fourth-order valence-corrected chi connectivity index (χ4v) is 1.32. The summed E-state index contributed by atoms with van der Waals surface area (Å²) in [6.07, 6.45) is 1.10. The molecule has 1 aliphatic rings. The molecule has 1 heterocycles. The molecule has 0 aliphatic carbocycles. The Bertz CT molecular complexity index is 161. The molecular formula is C8H16N2O2. The Morgan fingerprint density at radius 2 is 2.50 bits per heavy atom. The fraction of sp³-hybridized carbons (Fsp3) is 0.875. The number of likely N-dealkylation sites (tertiary alicyclic amines) is 1. The lowest BCUT2D eigenvalue weighted by Gasteiger charge is -2.15. The molecule has 0 aromatic rings. The van der Waals surface area contributed by atoms with Crippen LogP contribution < -0.4 is 5.48 Å².